The van der Waals surface area contributed by atoms with Crippen LogP contribution in [0.1, 0.15) is 26.3 Å². The minimum Gasteiger partial charge on any atom is -0.367 e. The van der Waals surface area contributed by atoms with Crippen LogP contribution < -0.4 is 10.2 Å². The second-order valence-corrected chi connectivity index (χ2v) is 11.4. The Morgan fingerprint density at radius 2 is 1.90 bits per heavy atom. The van der Waals surface area contributed by atoms with Gasteiger partial charge in [0.15, 0.2) is 15.8 Å². The van der Waals surface area contributed by atoms with Gasteiger partial charge < -0.3 is 20.0 Å². The Hall–Kier alpha value is -1.87. The standard InChI is InChI=1S/C21H34FN5O2S/c1-5-25-8-10-26(11-9-25)19-7-6-17(14-18(19)22)15-24-20(23-4)27-12-13-30(28,29)21(2,3)16-27/h6-7,14H,5,8-13,15-16H2,1-4H3,(H,23,24). The smallest absolute Gasteiger partial charge is 0.193 e. The number of hydrogen-bond donors (Lipinski definition) is 1. The normalized spacial score (nSPS) is 22.2. The van der Waals surface area contributed by atoms with Crippen molar-refractivity contribution in [2.45, 2.75) is 32.1 Å². The number of nitrogens with one attached hydrogen (secondary N) is 1. The highest BCUT2D eigenvalue weighted by Gasteiger charge is 2.40. The molecule has 2 saturated heterocycles. The van der Waals surface area contributed by atoms with Gasteiger partial charge in [0.25, 0.3) is 0 Å². The summed E-state index contributed by atoms with van der Waals surface area (Å²) in [4.78, 5) is 10.7. The summed E-state index contributed by atoms with van der Waals surface area (Å²) in [5.41, 5.74) is 1.48. The van der Waals surface area contributed by atoms with Crippen molar-refractivity contribution in [1.29, 1.82) is 0 Å². The summed E-state index contributed by atoms with van der Waals surface area (Å²) < 4.78 is 38.4. The van der Waals surface area contributed by atoms with Gasteiger partial charge in [0, 0.05) is 52.9 Å². The second kappa shape index (κ2) is 9.09. The van der Waals surface area contributed by atoms with Crippen LogP contribution in [0.3, 0.4) is 0 Å². The van der Waals surface area contributed by atoms with Gasteiger partial charge in [-0.25, -0.2) is 12.8 Å². The summed E-state index contributed by atoms with van der Waals surface area (Å²) in [5, 5.41) is 3.25. The van der Waals surface area contributed by atoms with E-state index in [4.69, 9.17) is 0 Å². The minimum absolute atomic E-state index is 0.106. The maximum Gasteiger partial charge on any atom is 0.193 e. The largest absolute Gasteiger partial charge is 0.367 e. The lowest BCUT2D eigenvalue weighted by Crippen LogP contribution is -2.57. The summed E-state index contributed by atoms with van der Waals surface area (Å²) in [7, 11) is -1.43. The molecule has 0 aromatic heterocycles. The molecule has 0 spiro atoms. The summed E-state index contributed by atoms with van der Waals surface area (Å²) >= 11 is 0. The molecule has 30 heavy (non-hydrogen) atoms. The third-order valence-electron chi connectivity index (χ3n) is 6.18. The van der Waals surface area contributed by atoms with Gasteiger partial charge in [-0.15, -0.1) is 0 Å². The Morgan fingerprint density at radius 3 is 2.47 bits per heavy atom. The highest BCUT2D eigenvalue weighted by atomic mass is 32.2. The molecule has 7 nitrogen and oxygen atoms in total. The first-order chi connectivity index (χ1) is 14.2. The average molecular weight is 440 g/mol. The molecule has 1 N–H and O–H groups in total. The highest BCUT2D eigenvalue weighted by molar-refractivity contribution is 7.92. The van der Waals surface area contributed by atoms with E-state index in [1.807, 2.05) is 17.0 Å². The van der Waals surface area contributed by atoms with Gasteiger partial charge >= 0.3 is 0 Å². The van der Waals surface area contributed by atoms with E-state index in [0.29, 0.717) is 31.3 Å². The van der Waals surface area contributed by atoms with Crippen molar-refractivity contribution >= 4 is 21.5 Å². The summed E-state index contributed by atoms with van der Waals surface area (Å²) in [6.07, 6.45) is 0. The van der Waals surface area contributed by atoms with E-state index < -0.39 is 14.6 Å². The van der Waals surface area contributed by atoms with Crippen LogP contribution in [0.4, 0.5) is 10.1 Å². The Morgan fingerprint density at radius 1 is 1.20 bits per heavy atom. The number of piperazine rings is 1. The molecule has 0 unspecified atom stereocenters. The van der Waals surface area contributed by atoms with Crippen LogP contribution in [-0.2, 0) is 16.4 Å². The van der Waals surface area contributed by atoms with Crippen molar-refractivity contribution in [3.63, 3.8) is 0 Å². The van der Waals surface area contributed by atoms with Crippen molar-refractivity contribution in [1.82, 2.24) is 15.1 Å². The molecule has 1 aromatic rings. The van der Waals surface area contributed by atoms with Crippen LogP contribution in [0, 0.1) is 5.82 Å². The van der Waals surface area contributed by atoms with Crippen LogP contribution in [0.5, 0.6) is 0 Å². The van der Waals surface area contributed by atoms with E-state index in [-0.39, 0.29) is 11.6 Å². The zero-order valence-corrected chi connectivity index (χ0v) is 19.3. The topological polar surface area (TPSA) is 68.2 Å². The monoisotopic (exact) mass is 439 g/mol. The number of likely N-dealkylation sites (N-methyl/N-ethyl adjacent to an activating group) is 1. The van der Waals surface area contributed by atoms with E-state index in [2.05, 4.69) is 27.0 Å². The number of guanidine groups is 1. The number of nitrogens with zero attached hydrogens (tertiary/aromatic N) is 4. The van der Waals surface area contributed by atoms with Crippen LogP contribution in [-0.4, -0.2) is 87.5 Å². The van der Waals surface area contributed by atoms with Crippen molar-refractivity contribution in [2.75, 3.05) is 63.5 Å². The molecule has 0 radical (unpaired) electrons. The molecular weight excluding hydrogens is 405 g/mol. The lowest BCUT2D eigenvalue weighted by molar-refractivity contribution is 0.270. The second-order valence-electron chi connectivity index (χ2n) is 8.61. The fourth-order valence-electron chi connectivity index (χ4n) is 4.06. The lowest BCUT2D eigenvalue weighted by atomic mass is 10.1. The van der Waals surface area contributed by atoms with Crippen molar-refractivity contribution in [2.24, 2.45) is 4.99 Å². The predicted molar refractivity (Wildman–Crippen MR) is 120 cm³/mol. The molecule has 0 atom stereocenters. The summed E-state index contributed by atoms with van der Waals surface area (Å²) in [5.74, 6) is 0.535. The average Bonchev–Trinajstić information content (AvgIpc) is 2.71. The first-order valence-electron chi connectivity index (χ1n) is 10.6. The van der Waals surface area contributed by atoms with Gasteiger partial charge in [0.05, 0.1) is 16.2 Å². The molecule has 2 aliphatic heterocycles. The minimum atomic E-state index is -3.11. The van der Waals surface area contributed by atoms with Crippen molar-refractivity contribution in [3.05, 3.63) is 29.6 Å². The van der Waals surface area contributed by atoms with E-state index in [0.717, 1.165) is 38.3 Å². The SMILES string of the molecule is CCN1CCN(c2ccc(CNC(=NC)N3CCS(=O)(=O)C(C)(C)C3)cc2F)CC1. The molecule has 3 rings (SSSR count). The third-order valence-corrected chi connectivity index (χ3v) is 8.71. The number of hydrogen-bond acceptors (Lipinski definition) is 5. The molecule has 0 bridgehead atoms. The van der Waals surface area contributed by atoms with Gasteiger partial charge in [0.1, 0.15) is 5.82 Å². The van der Waals surface area contributed by atoms with Crippen molar-refractivity contribution < 1.29 is 12.8 Å². The van der Waals surface area contributed by atoms with Crippen molar-refractivity contribution in [3.8, 4) is 0 Å². The number of sulfone groups is 1. The quantitative estimate of drug-likeness (QED) is 0.567. The number of rotatable bonds is 4. The molecule has 1 aromatic carbocycles. The highest BCUT2D eigenvalue weighted by Crippen LogP contribution is 2.24. The predicted octanol–water partition coefficient (Wildman–Crippen LogP) is 1.55. The van der Waals surface area contributed by atoms with Gasteiger partial charge in [-0.3, -0.25) is 4.99 Å². The molecule has 168 valence electrons. The first-order valence-corrected chi connectivity index (χ1v) is 12.3. The summed E-state index contributed by atoms with van der Waals surface area (Å²) in [6.45, 7) is 11.5. The van der Waals surface area contributed by atoms with Crippen LogP contribution in [0.25, 0.3) is 0 Å². The fraction of sp³-hybridized carbons (Fsp3) is 0.667. The van der Waals surface area contributed by atoms with Crippen LogP contribution >= 0.6 is 0 Å². The number of halogens is 1. The number of aliphatic imine (C=N–C) groups is 1. The molecule has 0 saturated carbocycles. The molecule has 0 aliphatic carbocycles. The van der Waals surface area contributed by atoms with Crippen LogP contribution in [0.15, 0.2) is 23.2 Å². The maximum absolute atomic E-state index is 14.8. The zero-order valence-electron chi connectivity index (χ0n) is 18.5. The maximum atomic E-state index is 14.8. The number of benzene rings is 1. The fourth-order valence-corrected chi connectivity index (χ4v) is 5.43. The first kappa shape index (κ1) is 22.8. The summed E-state index contributed by atoms with van der Waals surface area (Å²) in [6, 6.07) is 5.37. The van der Waals surface area contributed by atoms with E-state index in [1.165, 1.54) is 0 Å². The van der Waals surface area contributed by atoms with Crippen LogP contribution in [0.2, 0.25) is 0 Å². The molecule has 2 fully saturated rings. The van der Waals surface area contributed by atoms with E-state index >= 15 is 0 Å². The molecule has 2 aliphatic rings. The zero-order chi connectivity index (χ0) is 21.9. The molecule has 2 heterocycles. The molecule has 9 heteroatoms. The Balaban J connectivity index is 1.61. The van der Waals surface area contributed by atoms with Gasteiger partial charge in [0.2, 0.25) is 0 Å². The third kappa shape index (κ3) is 4.88. The Bertz CT molecular complexity index is 879. The Kier molecular flexibility index (Phi) is 6.91. The van der Waals surface area contributed by atoms with Gasteiger partial charge in [-0.05, 0) is 38.1 Å². The molecular formula is C21H34FN5O2S. The van der Waals surface area contributed by atoms with E-state index in [9.17, 15) is 12.8 Å². The lowest BCUT2D eigenvalue weighted by Gasteiger charge is -2.39. The number of anilines is 1. The Labute approximate surface area is 179 Å². The van der Waals surface area contributed by atoms with E-state index in [1.54, 1.807) is 27.0 Å². The van der Waals surface area contributed by atoms with Gasteiger partial charge in [-0.2, -0.15) is 0 Å². The van der Waals surface area contributed by atoms with Gasteiger partial charge in [-0.1, -0.05) is 13.0 Å². The molecule has 0 amide bonds.